The molecule has 3 N–H and O–H groups in total. The molecule has 108 valence electrons. The number of ether oxygens (including phenoxy) is 1. The largest absolute Gasteiger partial charge is 0.380 e. The first-order chi connectivity index (χ1) is 8.68. The average molecular weight is 308 g/mol. The van der Waals surface area contributed by atoms with E-state index in [1.54, 1.807) is 6.92 Å². The van der Waals surface area contributed by atoms with Crippen molar-refractivity contribution in [2.24, 2.45) is 5.14 Å². The summed E-state index contributed by atoms with van der Waals surface area (Å²) in [5.41, 5.74) is 0. The zero-order valence-electron chi connectivity index (χ0n) is 10.5. The smallest absolute Gasteiger partial charge is 0.242 e. The van der Waals surface area contributed by atoms with Crippen LogP contribution in [-0.4, -0.2) is 36.6 Å². The molecule has 1 aromatic carbocycles. The topological polar surface area (TPSA) is 116 Å². The quantitative estimate of drug-likeness (QED) is 0.745. The highest BCUT2D eigenvalue weighted by atomic mass is 32.2. The van der Waals surface area contributed by atoms with Gasteiger partial charge in [-0.15, -0.1) is 0 Å². The van der Waals surface area contributed by atoms with E-state index in [9.17, 15) is 16.8 Å². The molecule has 19 heavy (non-hydrogen) atoms. The molecule has 1 atom stereocenters. The second-order valence-electron chi connectivity index (χ2n) is 3.89. The van der Waals surface area contributed by atoms with E-state index in [-0.39, 0.29) is 17.5 Å². The minimum Gasteiger partial charge on any atom is -0.380 e. The van der Waals surface area contributed by atoms with Crippen LogP contribution in [-0.2, 0) is 24.8 Å². The average Bonchev–Trinajstić information content (AvgIpc) is 2.35. The van der Waals surface area contributed by atoms with Crippen LogP contribution in [0.3, 0.4) is 0 Å². The second kappa shape index (κ2) is 5.97. The van der Waals surface area contributed by atoms with Crippen molar-refractivity contribution in [2.45, 2.75) is 22.8 Å². The van der Waals surface area contributed by atoms with Gasteiger partial charge in [0, 0.05) is 13.7 Å². The lowest BCUT2D eigenvalue weighted by molar-refractivity contribution is 0.122. The van der Waals surface area contributed by atoms with E-state index < -0.39 is 24.9 Å². The van der Waals surface area contributed by atoms with Gasteiger partial charge in [-0.1, -0.05) is 12.1 Å². The number of rotatable bonds is 6. The maximum absolute atomic E-state index is 12.0. The third-order valence-corrected chi connectivity index (χ3v) is 4.99. The van der Waals surface area contributed by atoms with E-state index in [1.807, 2.05) is 0 Å². The van der Waals surface area contributed by atoms with E-state index in [2.05, 4.69) is 4.72 Å². The van der Waals surface area contributed by atoms with Crippen molar-refractivity contribution in [2.75, 3.05) is 13.7 Å². The van der Waals surface area contributed by atoms with Crippen molar-refractivity contribution >= 4 is 20.0 Å². The Balaban J connectivity index is 3.16. The van der Waals surface area contributed by atoms with E-state index in [4.69, 9.17) is 9.88 Å². The number of benzene rings is 1. The summed E-state index contributed by atoms with van der Waals surface area (Å²) >= 11 is 0. The Labute approximate surface area is 112 Å². The molecular weight excluding hydrogens is 292 g/mol. The first kappa shape index (κ1) is 16.1. The Morgan fingerprint density at radius 2 is 1.74 bits per heavy atom. The van der Waals surface area contributed by atoms with Gasteiger partial charge in [-0.2, -0.15) is 0 Å². The molecule has 0 bridgehead atoms. The summed E-state index contributed by atoms with van der Waals surface area (Å²) < 4.78 is 54.0. The van der Waals surface area contributed by atoms with Gasteiger partial charge in [-0.05, 0) is 19.1 Å². The maximum Gasteiger partial charge on any atom is 0.242 e. The molecule has 0 aliphatic rings. The number of primary sulfonamides is 1. The molecule has 0 amide bonds. The fourth-order valence-electron chi connectivity index (χ4n) is 1.30. The molecule has 0 aliphatic heterocycles. The minimum absolute atomic E-state index is 0.0256. The third kappa shape index (κ3) is 4.25. The van der Waals surface area contributed by atoms with Gasteiger partial charge in [-0.25, -0.2) is 26.7 Å². The van der Waals surface area contributed by atoms with Gasteiger partial charge in [0.1, 0.15) is 9.79 Å². The summed E-state index contributed by atoms with van der Waals surface area (Å²) in [5, 5.41) is 4.99. The van der Waals surface area contributed by atoms with Crippen LogP contribution < -0.4 is 9.86 Å². The van der Waals surface area contributed by atoms with E-state index >= 15 is 0 Å². The van der Waals surface area contributed by atoms with Gasteiger partial charge in [-0.3, -0.25) is 0 Å². The molecular formula is C10H16N2O5S2. The summed E-state index contributed by atoms with van der Waals surface area (Å²) in [7, 11) is -6.64. The lowest BCUT2D eigenvalue weighted by atomic mass is 10.4. The van der Waals surface area contributed by atoms with Crippen molar-refractivity contribution in [1.29, 1.82) is 0 Å². The number of nitrogens with one attached hydrogen (secondary N) is 1. The highest BCUT2D eigenvalue weighted by molar-refractivity contribution is 7.92. The predicted molar refractivity (Wildman–Crippen MR) is 69.5 cm³/mol. The van der Waals surface area contributed by atoms with E-state index in [0.717, 1.165) is 6.07 Å². The predicted octanol–water partition coefficient (Wildman–Crippen LogP) is -0.353. The monoisotopic (exact) mass is 308 g/mol. The van der Waals surface area contributed by atoms with Crippen LogP contribution in [0, 0.1) is 0 Å². The third-order valence-electron chi connectivity index (χ3n) is 2.41. The summed E-state index contributed by atoms with van der Waals surface area (Å²) in [6, 6.07) is 5.14. The number of hydrogen-bond acceptors (Lipinski definition) is 5. The standard InChI is InChI=1S/C10H16N2O5S2/c1-8(17-2)7-12-19(15,16)10-6-4-3-5-9(10)18(11,13)14/h3-6,8,12H,7H2,1-2H3,(H2,11,13,14). The highest BCUT2D eigenvalue weighted by Crippen LogP contribution is 2.18. The van der Waals surface area contributed by atoms with Crippen molar-refractivity contribution in [1.82, 2.24) is 4.72 Å². The molecule has 0 saturated heterocycles. The molecule has 7 nitrogen and oxygen atoms in total. The van der Waals surface area contributed by atoms with Crippen LogP contribution in [0.4, 0.5) is 0 Å². The van der Waals surface area contributed by atoms with E-state index in [1.165, 1.54) is 25.3 Å². The number of sulfonamides is 2. The van der Waals surface area contributed by atoms with Gasteiger partial charge in [0.25, 0.3) is 0 Å². The zero-order chi connectivity index (χ0) is 14.7. The summed E-state index contributed by atoms with van der Waals surface area (Å²) in [4.78, 5) is -0.812. The first-order valence-electron chi connectivity index (χ1n) is 5.33. The lowest BCUT2D eigenvalue weighted by Crippen LogP contribution is -2.32. The molecule has 0 aromatic heterocycles. The minimum atomic E-state index is -4.11. The molecule has 0 radical (unpaired) electrons. The highest BCUT2D eigenvalue weighted by Gasteiger charge is 2.23. The summed E-state index contributed by atoms with van der Waals surface area (Å²) in [5.74, 6) is 0. The van der Waals surface area contributed by atoms with Crippen molar-refractivity contribution in [3.05, 3.63) is 24.3 Å². The number of nitrogens with two attached hydrogens (primary N) is 1. The maximum atomic E-state index is 12.0. The molecule has 9 heteroatoms. The molecule has 1 unspecified atom stereocenters. The molecule has 0 heterocycles. The number of methoxy groups -OCH3 is 1. The Morgan fingerprint density at radius 3 is 2.21 bits per heavy atom. The van der Waals surface area contributed by atoms with Gasteiger partial charge >= 0.3 is 0 Å². The van der Waals surface area contributed by atoms with Gasteiger partial charge in [0.15, 0.2) is 0 Å². The van der Waals surface area contributed by atoms with Crippen LogP contribution in [0.1, 0.15) is 6.92 Å². The van der Waals surface area contributed by atoms with Gasteiger partial charge in [0.2, 0.25) is 20.0 Å². The van der Waals surface area contributed by atoms with Crippen LogP contribution in [0.2, 0.25) is 0 Å². The zero-order valence-corrected chi connectivity index (χ0v) is 12.2. The summed E-state index contributed by atoms with van der Waals surface area (Å²) in [6.45, 7) is 1.70. The molecule has 1 aromatic rings. The normalized spacial score (nSPS) is 14.3. The molecule has 0 spiro atoms. The Kier molecular flexibility index (Phi) is 5.04. The SMILES string of the molecule is COC(C)CNS(=O)(=O)c1ccccc1S(N)(=O)=O. The van der Waals surface area contributed by atoms with Crippen molar-refractivity contribution in [3.8, 4) is 0 Å². The Morgan fingerprint density at radius 1 is 1.21 bits per heavy atom. The fraction of sp³-hybridized carbons (Fsp3) is 0.400. The van der Waals surface area contributed by atoms with Crippen molar-refractivity contribution < 1.29 is 21.6 Å². The molecule has 0 saturated carbocycles. The second-order valence-corrected chi connectivity index (χ2v) is 7.16. The first-order valence-corrected chi connectivity index (χ1v) is 8.35. The molecule has 0 aliphatic carbocycles. The molecule has 0 fully saturated rings. The van der Waals surface area contributed by atoms with Gasteiger partial charge in [0.05, 0.1) is 6.10 Å². The van der Waals surface area contributed by atoms with E-state index in [0.29, 0.717) is 0 Å². The fourth-order valence-corrected chi connectivity index (χ4v) is 3.79. The van der Waals surface area contributed by atoms with Crippen LogP contribution >= 0.6 is 0 Å². The van der Waals surface area contributed by atoms with Gasteiger partial charge < -0.3 is 4.74 Å². The number of hydrogen-bond donors (Lipinski definition) is 2. The Bertz CT molecular complexity index is 640. The lowest BCUT2D eigenvalue weighted by Gasteiger charge is -2.13. The summed E-state index contributed by atoms with van der Waals surface area (Å²) in [6.07, 6.45) is -0.337. The van der Waals surface area contributed by atoms with Crippen molar-refractivity contribution in [3.63, 3.8) is 0 Å². The Hall–Kier alpha value is -1.00. The van der Waals surface area contributed by atoms with Crippen LogP contribution in [0.25, 0.3) is 0 Å². The van der Waals surface area contributed by atoms with Crippen LogP contribution in [0.15, 0.2) is 34.1 Å². The van der Waals surface area contributed by atoms with Crippen LogP contribution in [0.5, 0.6) is 0 Å². The molecule has 1 rings (SSSR count).